The molecule has 2 aromatic carbocycles. The van der Waals surface area contributed by atoms with Crippen LogP contribution in [-0.4, -0.2) is 12.6 Å². The van der Waals surface area contributed by atoms with Crippen LogP contribution in [0.25, 0.3) is 0 Å². The number of ether oxygens (including phenoxy) is 2. The lowest BCUT2D eigenvalue weighted by Gasteiger charge is -2.28. The fourth-order valence-electron chi connectivity index (χ4n) is 6.22. The normalized spacial score (nSPS) is 16.9. The van der Waals surface area contributed by atoms with Crippen LogP contribution in [0.15, 0.2) is 48.5 Å². The monoisotopic (exact) mass is 562 g/mol. The number of carbonyl (C=O) groups is 1. The highest BCUT2D eigenvalue weighted by Gasteiger charge is 2.20. The van der Waals surface area contributed by atoms with Crippen LogP contribution in [0.4, 0.5) is 0 Å². The van der Waals surface area contributed by atoms with Crippen molar-refractivity contribution in [2.45, 2.75) is 142 Å². The summed E-state index contributed by atoms with van der Waals surface area (Å²) in [4.78, 5) is 12.6. The van der Waals surface area contributed by atoms with E-state index in [2.05, 4.69) is 26.0 Å². The second-order valence-electron chi connectivity index (χ2n) is 12.5. The molecule has 0 radical (unpaired) electrons. The van der Waals surface area contributed by atoms with Gasteiger partial charge in [0.05, 0.1) is 12.2 Å². The summed E-state index contributed by atoms with van der Waals surface area (Å²) in [5, 5.41) is 0. The van der Waals surface area contributed by atoms with Crippen LogP contribution in [-0.2, 0) is 6.42 Å². The molecule has 0 spiro atoms. The lowest BCUT2D eigenvalue weighted by Crippen LogP contribution is -2.15. The molecule has 1 aliphatic carbocycles. The van der Waals surface area contributed by atoms with Crippen molar-refractivity contribution in [2.75, 3.05) is 6.61 Å². The molecule has 41 heavy (non-hydrogen) atoms. The zero-order valence-corrected chi connectivity index (χ0v) is 26.3. The van der Waals surface area contributed by atoms with Crippen molar-refractivity contribution >= 4 is 5.97 Å². The van der Waals surface area contributed by atoms with E-state index < -0.39 is 0 Å². The maximum absolute atomic E-state index is 12.6. The SMILES string of the molecule is CCCCCCCCCCOc1ccc(C(=O)Oc2ccc(CCC3CCC(CCCCCCC)CC3)cc2)cc1. The van der Waals surface area contributed by atoms with Crippen LogP contribution in [0.2, 0.25) is 0 Å². The van der Waals surface area contributed by atoms with E-state index in [4.69, 9.17) is 9.47 Å². The Morgan fingerprint density at radius 2 is 1.12 bits per heavy atom. The zero-order valence-electron chi connectivity index (χ0n) is 26.3. The largest absolute Gasteiger partial charge is 0.494 e. The molecule has 0 amide bonds. The third-order valence-electron chi connectivity index (χ3n) is 9.01. The van der Waals surface area contributed by atoms with E-state index in [1.165, 1.54) is 121 Å². The Kier molecular flexibility index (Phi) is 16.7. The van der Waals surface area contributed by atoms with Gasteiger partial charge in [-0.15, -0.1) is 0 Å². The first-order valence-electron chi connectivity index (χ1n) is 17.2. The predicted molar refractivity (Wildman–Crippen MR) is 173 cm³/mol. The summed E-state index contributed by atoms with van der Waals surface area (Å²) in [6.07, 6.45) is 26.8. The Morgan fingerprint density at radius 3 is 1.73 bits per heavy atom. The second kappa shape index (κ2) is 20.6. The van der Waals surface area contributed by atoms with Gasteiger partial charge in [0.1, 0.15) is 11.5 Å². The van der Waals surface area contributed by atoms with Gasteiger partial charge in [-0.1, -0.05) is 135 Å². The van der Waals surface area contributed by atoms with Gasteiger partial charge in [-0.3, -0.25) is 0 Å². The zero-order chi connectivity index (χ0) is 29.0. The molecule has 0 N–H and O–H groups in total. The highest BCUT2D eigenvalue weighted by atomic mass is 16.5. The lowest BCUT2D eigenvalue weighted by molar-refractivity contribution is 0.0734. The van der Waals surface area contributed by atoms with Crippen molar-refractivity contribution in [3.05, 3.63) is 59.7 Å². The Labute approximate surface area is 251 Å². The minimum atomic E-state index is -0.325. The van der Waals surface area contributed by atoms with E-state index in [0.717, 1.165) is 37.0 Å². The molecule has 0 heterocycles. The first-order chi connectivity index (χ1) is 20.2. The molecule has 1 fully saturated rings. The summed E-state index contributed by atoms with van der Waals surface area (Å²) in [6.45, 7) is 5.28. The number of esters is 1. The topological polar surface area (TPSA) is 35.5 Å². The average molecular weight is 563 g/mol. The van der Waals surface area contributed by atoms with Crippen molar-refractivity contribution in [1.29, 1.82) is 0 Å². The first-order valence-corrected chi connectivity index (χ1v) is 17.2. The van der Waals surface area contributed by atoms with Gasteiger partial charge in [-0.25, -0.2) is 4.79 Å². The summed E-state index contributed by atoms with van der Waals surface area (Å²) in [6, 6.07) is 15.4. The molecule has 1 aliphatic rings. The van der Waals surface area contributed by atoms with Crippen molar-refractivity contribution in [3.63, 3.8) is 0 Å². The van der Waals surface area contributed by atoms with E-state index in [0.29, 0.717) is 11.3 Å². The maximum Gasteiger partial charge on any atom is 0.343 e. The molecule has 0 bridgehead atoms. The van der Waals surface area contributed by atoms with Crippen LogP contribution in [0.5, 0.6) is 11.5 Å². The molecule has 3 nitrogen and oxygen atoms in total. The van der Waals surface area contributed by atoms with Crippen LogP contribution in [0.1, 0.15) is 152 Å². The van der Waals surface area contributed by atoms with Gasteiger partial charge in [0, 0.05) is 0 Å². The molecule has 2 aromatic rings. The maximum atomic E-state index is 12.6. The fraction of sp³-hybridized carbons (Fsp3) is 0.658. The Morgan fingerprint density at radius 1 is 0.610 bits per heavy atom. The summed E-state index contributed by atoms with van der Waals surface area (Å²) in [5.74, 6) is 2.94. The fourth-order valence-corrected chi connectivity index (χ4v) is 6.22. The van der Waals surface area contributed by atoms with E-state index >= 15 is 0 Å². The summed E-state index contributed by atoms with van der Waals surface area (Å²) in [5.41, 5.74) is 1.88. The van der Waals surface area contributed by atoms with E-state index in [-0.39, 0.29) is 5.97 Å². The van der Waals surface area contributed by atoms with Gasteiger partial charge < -0.3 is 9.47 Å². The molecule has 0 saturated heterocycles. The van der Waals surface area contributed by atoms with Crippen molar-refractivity contribution in [1.82, 2.24) is 0 Å². The van der Waals surface area contributed by atoms with Gasteiger partial charge in [0.25, 0.3) is 0 Å². The minimum absolute atomic E-state index is 0.325. The minimum Gasteiger partial charge on any atom is -0.494 e. The highest BCUT2D eigenvalue weighted by molar-refractivity contribution is 5.91. The number of aryl methyl sites for hydroxylation is 1. The number of hydrogen-bond acceptors (Lipinski definition) is 3. The van der Waals surface area contributed by atoms with Crippen LogP contribution < -0.4 is 9.47 Å². The molecule has 3 heteroatoms. The lowest BCUT2D eigenvalue weighted by atomic mass is 9.78. The second-order valence-corrected chi connectivity index (χ2v) is 12.5. The molecular formula is C38H58O3. The molecule has 0 aromatic heterocycles. The Hall–Kier alpha value is -2.29. The number of hydrogen-bond donors (Lipinski definition) is 0. The van der Waals surface area contributed by atoms with E-state index in [9.17, 15) is 4.79 Å². The quantitative estimate of drug-likeness (QED) is 0.0862. The van der Waals surface area contributed by atoms with Crippen LogP contribution in [0.3, 0.4) is 0 Å². The van der Waals surface area contributed by atoms with Crippen LogP contribution in [0, 0.1) is 11.8 Å². The number of benzene rings is 2. The Balaban J connectivity index is 1.27. The Bertz CT molecular complexity index is 925. The molecule has 228 valence electrons. The van der Waals surface area contributed by atoms with E-state index in [1.54, 1.807) is 12.1 Å². The molecule has 0 aliphatic heterocycles. The number of rotatable bonds is 21. The van der Waals surface area contributed by atoms with Gasteiger partial charge >= 0.3 is 5.97 Å². The molecule has 0 atom stereocenters. The van der Waals surface area contributed by atoms with E-state index in [1.807, 2.05) is 24.3 Å². The number of unbranched alkanes of at least 4 members (excludes halogenated alkanes) is 11. The third kappa shape index (κ3) is 14.0. The third-order valence-corrected chi connectivity index (χ3v) is 9.01. The standard InChI is InChI=1S/C38H58O3/c1-3-5-7-9-10-11-13-15-31-40-36-29-25-35(26-30-36)38(39)41-37-27-23-34(24-28-37)22-21-33-19-17-32(18-20-33)16-14-12-8-6-4-2/h23-30,32-33H,3-22,31H2,1-2H3. The summed E-state index contributed by atoms with van der Waals surface area (Å²) < 4.78 is 11.5. The average Bonchev–Trinajstić information content (AvgIpc) is 3.00. The highest BCUT2D eigenvalue weighted by Crippen LogP contribution is 2.34. The number of carbonyl (C=O) groups excluding carboxylic acids is 1. The van der Waals surface area contributed by atoms with Crippen molar-refractivity contribution in [2.24, 2.45) is 11.8 Å². The molecule has 1 saturated carbocycles. The summed E-state index contributed by atoms with van der Waals surface area (Å²) in [7, 11) is 0. The van der Waals surface area contributed by atoms with Crippen LogP contribution >= 0.6 is 0 Å². The smallest absolute Gasteiger partial charge is 0.343 e. The predicted octanol–water partition coefficient (Wildman–Crippen LogP) is 11.5. The molecular weight excluding hydrogens is 504 g/mol. The molecule has 0 unspecified atom stereocenters. The summed E-state index contributed by atoms with van der Waals surface area (Å²) >= 11 is 0. The van der Waals surface area contributed by atoms with Crippen molar-refractivity contribution in [3.8, 4) is 11.5 Å². The van der Waals surface area contributed by atoms with Gasteiger partial charge in [-0.05, 0) is 73.1 Å². The van der Waals surface area contributed by atoms with Gasteiger partial charge in [0.15, 0.2) is 0 Å². The molecule has 3 rings (SSSR count). The van der Waals surface area contributed by atoms with Crippen molar-refractivity contribution < 1.29 is 14.3 Å². The first kappa shape index (κ1) is 33.2. The van der Waals surface area contributed by atoms with Gasteiger partial charge in [-0.2, -0.15) is 0 Å². The van der Waals surface area contributed by atoms with Gasteiger partial charge in [0.2, 0.25) is 0 Å².